The van der Waals surface area contributed by atoms with Gasteiger partial charge in [0.05, 0.1) is 11.2 Å². The molecule has 0 aliphatic heterocycles. The van der Waals surface area contributed by atoms with E-state index in [1.807, 2.05) is 0 Å². The summed E-state index contributed by atoms with van der Waals surface area (Å²) in [5.41, 5.74) is -0.203. The van der Waals surface area contributed by atoms with Crippen molar-refractivity contribution in [3.8, 4) is 0 Å². The predicted molar refractivity (Wildman–Crippen MR) is 80.4 cm³/mol. The van der Waals surface area contributed by atoms with Gasteiger partial charge < -0.3 is 14.9 Å². The summed E-state index contributed by atoms with van der Waals surface area (Å²) in [5, 5.41) is 17.5. The molecule has 0 radical (unpaired) electrons. The van der Waals surface area contributed by atoms with Crippen LogP contribution in [-0.4, -0.2) is 34.6 Å². The SMILES string of the molecule is CC(C)(CCCCCO)OC(C)(C)CCCCCO. The zero-order chi connectivity index (χ0) is 14.8. The molecule has 2 N–H and O–H groups in total. The normalized spacial score (nSPS) is 12.9. The van der Waals surface area contributed by atoms with E-state index in [9.17, 15) is 0 Å². The fraction of sp³-hybridized carbons (Fsp3) is 1.00. The van der Waals surface area contributed by atoms with Gasteiger partial charge in [0.1, 0.15) is 0 Å². The van der Waals surface area contributed by atoms with Gasteiger partial charge in [-0.3, -0.25) is 0 Å². The van der Waals surface area contributed by atoms with Crippen LogP contribution in [0.2, 0.25) is 0 Å². The minimum Gasteiger partial charge on any atom is -0.396 e. The number of ether oxygens (including phenoxy) is 1. The second-order valence-corrected chi connectivity index (χ2v) is 6.69. The molecule has 0 heterocycles. The summed E-state index contributed by atoms with van der Waals surface area (Å²) in [6.45, 7) is 9.20. The average Bonchev–Trinajstić information content (AvgIpc) is 2.29. The van der Waals surface area contributed by atoms with Gasteiger partial charge in [0.2, 0.25) is 0 Å². The maximum Gasteiger partial charge on any atom is 0.0633 e. The van der Waals surface area contributed by atoms with E-state index in [0.717, 1.165) is 51.4 Å². The molecule has 3 heteroatoms. The Morgan fingerprint density at radius 1 is 0.632 bits per heavy atom. The molecule has 0 bridgehead atoms. The molecule has 116 valence electrons. The van der Waals surface area contributed by atoms with Crippen LogP contribution in [-0.2, 0) is 4.74 Å². The number of rotatable bonds is 12. The summed E-state index contributed by atoms with van der Waals surface area (Å²) in [6.07, 6.45) is 8.20. The van der Waals surface area contributed by atoms with Crippen molar-refractivity contribution < 1.29 is 14.9 Å². The maximum absolute atomic E-state index is 8.77. The van der Waals surface area contributed by atoms with Gasteiger partial charge in [-0.05, 0) is 53.4 Å². The number of aliphatic hydroxyl groups is 2. The van der Waals surface area contributed by atoms with Gasteiger partial charge in [0.15, 0.2) is 0 Å². The van der Waals surface area contributed by atoms with E-state index in [2.05, 4.69) is 27.7 Å². The van der Waals surface area contributed by atoms with E-state index in [4.69, 9.17) is 14.9 Å². The molecule has 0 saturated heterocycles. The monoisotopic (exact) mass is 274 g/mol. The quantitative estimate of drug-likeness (QED) is 0.534. The lowest BCUT2D eigenvalue weighted by Crippen LogP contribution is -2.37. The summed E-state index contributed by atoms with van der Waals surface area (Å²) < 4.78 is 6.26. The second kappa shape index (κ2) is 9.73. The van der Waals surface area contributed by atoms with Crippen molar-refractivity contribution in [3.05, 3.63) is 0 Å². The van der Waals surface area contributed by atoms with Crippen LogP contribution in [0.3, 0.4) is 0 Å². The van der Waals surface area contributed by atoms with E-state index in [1.54, 1.807) is 0 Å². The lowest BCUT2D eigenvalue weighted by atomic mass is 9.95. The summed E-state index contributed by atoms with van der Waals surface area (Å²) in [5.74, 6) is 0. The molecular formula is C16H34O3. The Labute approximate surface area is 119 Å². The topological polar surface area (TPSA) is 49.7 Å². The minimum atomic E-state index is -0.101. The number of aliphatic hydroxyl groups excluding tert-OH is 2. The molecule has 0 aliphatic rings. The highest BCUT2D eigenvalue weighted by Gasteiger charge is 2.28. The first-order chi connectivity index (χ1) is 8.83. The first-order valence-corrected chi connectivity index (χ1v) is 7.75. The Morgan fingerprint density at radius 2 is 1.00 bits per heavy atom. The Bertz CT molecular complexity index is 190. The molecule has 19 heavy (non-hydrogen) atoms. The molecule has 0 aromatic rings. The summed E-state index contributed by atoms with van der Waals surface area (Å²) in [7, 11) is 0. The second-order valence-electron chi connectivity index (χ2n) is 6.69. The smallest absolute Gasteiger partial charge is 0.0633 e. The fourth-order valence-corrected chi connectivity index (χ4v) is 2.53. The molecule has 0 aromatic carbocycles. The molecule has 0 amide bonds. The molecular weight excluding hydrogens is 240 g/mol. The zero-order valence-electron chi connectivity index (χ0n) is 13.4. The first kappa shape index (κ1) is 18.9. The number of unbranched alkanes of at least 4 members (excludes halogenated alkanes) is 4. The van der Waals surface area contributed by atoms with Crippen molar-refractivity contribution >= 4 is 0 Å². The van der Waals surface area contributed by atoms with Crippen LogP contribution >= 0.6 is 0 Å². The highest BCUT2D eigenvalue weighted by Crippen LogP contribution is 2.28. The molecule has 0 aromatic heterocycles. The van der Waals surface area contributed by atoms with Crippen molar-refractivity contribution in [2.45, 2.75) is 90.3 Å². The lowest BCUT2D eigenvalue weighted by Gasteiger charge is -2.36. The average molecular weight is 274 g/mol. The maximum atomic E-state index is 8.77. The van der Waals surface area contributed by atoms with E-state index >= 15 is 0 Å². The molecule has 0 atom stereocenters. The van der Waals surface area contributed by atoms with E-state index < -0.39 is 0 Å². The van der Waals surface area contributed by atoms with Crippen LogP contribution < -0.4 is 0 Å². The van der Waals surface area contributed by atoms with Gasteiger partial charge in [-0.25, -0.2) is 0 Å². The third-order valence-corrected chi connectivity index (χ3v) is 3.43. The molecule has 0 fully saturated rings. The standard InChI is InChI=1S/C16H34O3/c1-15(2,11-7-5-9-13-17)19-16(3,4)12-8-6-10-14-18/h17-18H,5-14H2,1-4H3. The largest absolute Gasteiger partial charge is 0.396 e. The Balaban J connectivity index is 3.93. The molecule has 0 aliphatic carbocycles. The van der Waals surface area contributed by atoms with Crippen LogP contribution in [0.25, 0.3) is 0 Å². The predicted octanol–water partition coefficient (Wildman–Crippen LogP) is 3.67. The summed E-state index contributed by atoms with van der Waals surface area (Å²) >= 11 is 0. The fourth-order valence-electron chi connectivity index (χ4n) is 2.53. The van der Waals surface area contributed by atoms with Crippen molar-refractivity contribution in [2.24, 2.45) is 0 Å². The van der Waals surface area contributed by atoms with Gasteiger partial charge in [0.25, 0.3) is 0 Å². The third kappa shape index (κ3) is 11.4. The van der Waals surface area contributed by atoms with Gasteiger partial charge >= 0.3 is 0 Å². The summed E-state index contributed by atoms with van der Waals surface area (Å²) in [6, 6.07) is 0. The molecule has 0 saturated carbocycles. The lowest BCUT2D eigenvalue weighted by molar-refractivity contribution is -0.130. The zero-order valence-corrected chi connectivity index (χ0v) is 13.4. The Morgan fingerprint density at radius 3 is 1.32 bits per heavy atom. The van der Waals surface area contributed by atoms with Crippen LogP contribution in [0, 0.1) is 0 Å². The molecule has 0 unspecified atom stereocenters. The van der Waals surface area contributed by atoms with E-state index in [-0.39, 0.29) is 24.4 Å². The van der Waals surface area contributed by atoms with Gasteiger partial charge in [-0.1, -0.05) is 25.7 Å². The van der Waals surface area contributed by atoms with Crippen molar-refractivity contribution in [3.63, 3.8) is 0 Å². The van der Waals surface area contributed by atoms with Gasteiger partial charge in [-0.15, -0.1) is 0 Å². The first-order valence-electron chi connectivity index (χ1n) is 7.75. The Hall–Kier alpha value is -0.120. The number of hydrogen-bond acceptors (Lipinski definition) is 3. The van der Waals surface area contributed by atoms with Gasteiger partial charge in [-0.2, -0.15) is 0 Å². The highest BCUT2D eigenvalue weighted by molar-refractivity contribution is 4.77. The van der Waals surface area contributed by atoms with Crippen LogP contribution in [0.1, 0.15) is 79.1 Å². The molecule has 0 rings (SSSR count). The number of hydrogen-bond donors (Lipinski definition) is 2. The van der Waals surface area contributed by atoms with Gasteiger partial charge in [0, 0.05) is 13.2 Å². The van der Waals surface area contributed by atoms with Crippen LogP contribution in [0.5, 0.6) is 0 Å². The molecule has 3 nitrogen and oxygen atoms in total. The third-order valence-electron chi connectivity index (χ3n) is 3.43. The van der Waals surface area contributed by atoms with Crippen molar-refractivity contribution in [1.29, 1.82) is 0 Å². The van der Waals surface area contributed by atoms with Crippen molar-refractivity contribution in [2.75, 3.05) is 13.2 Å². The highest BCUT2D eigenvalue weighted by atomic mass is 16.5. The molecule has 0 spiro atoms. The summed E-state index contributed by atoms with van der Waals surface area (Å²) in [4.78, 5) is 0. The minimum absolute atomic E-state index is 0.101. The van der Waals surface area contributed by atoms with E-state index in [0.29, 0.717) is 0 Å². The Kier molecular flexibility index (Phi) is 9.67. The van der Waals surface area contributed by atoms with Crippen LogP contribution in [0.15, 0.2) is 0 Å². The van der Waals surface area contributed by atoms with E-state index in [1.165, 1.54) is 0 Å². The van der Waals surface area contributed by atoms with Crippen LogP contribution in [0.4, 0.5) is 0 Å². The van der Waals surface area contributed by atoms with Crippen molar-refractivity contribution in [1.82, 2.24) is 0 Å².